The zero-order valence-electron chi connectivity index (χ0n) is 14.1. The van der Waals surface area contributed by atoms with Gasteiger partial charge in [-0.1, -0.05) is 20.8 Å². The topological polar surface area (TPSA) is 38.5 Å². The molecule has 0 amide bonds. The Labute approximate surface area is 125 Å². The molecule has 0 bridgehead atoms. The molecule has 3 heteroatoms. The van der Waals surface area contributed by atoms with Crippen LogP contribution in [0, 0.1) is 11.3 Å². The van der Waals surface area contributed by atoms with Crippen molar-refractivity contribution in [2.45, 2.75) is 78.0 Å². The molecule has 1 saturated carbocycles. The molecule has 0 aromatic carbocycles. The van der Waals surface area contributed by atoms with Crippen LogP contribution in [0.5, 0.6) is 0 Å². The molecule has 2 rings (SSSR count). The Kier molecular flexibility index (Phi) is 4.83. The van der Waals surface area contributed by atoms with Gasteiger partial charge in [0.15, 0.2) is 0 Å². The number of hydrogen-bond acceptors (Lipinski definition) is 3. The van der Waals surface area contributed by atoms with E-state index < -0.39 is 0 Å². The summed E-state index contributed by atoms with van der Waals surface area (Å²) in [7, 11) is 0. The molecular weight excluding hydrogens is 248 g/mol. The van der Waals surface area contributed by atoms with E-state index in [2.05, 4.69) is 39.5 Å². The van der Waals surface area contributed by atoms with Gasteiger partial charge in [0.2, 0.25) is 0 Å². The summed E-state index contributed by atoms with van der Waals surface area (Å²) in [5, 5.41) is 0. The Balaban J connectivity index is 2.04. The minimum Gasteiger partial charge on any atom is -0.373 e. The second-order valence-corrected chi connectivity index (χ2v) is 8.23. The molecular formula is C17H34N2O. The van der Waals surface area contributed by atoms with E-state index in [1.54, 1.807) is 0 Å². The molecule has 0 aromatic heterocycles. The van der Waals surface area contributed by atoms with Crippen LogP contribution in [-0.4, -0.2) is 42.3 Å². The number of nitrogens with two attached hydrogens (primary N) is 1. The van der Waals surface area contributed by atoms with Gasteiger partial charge < -0.3 is 10.5 Å². The molecule has 0 radical (unpaired) electrons. The molecule has 2 atom stereocenters. The molecule has 20 heavy (non-hydrogen) atoms. The first-order chi connectivity index (χ1) is 9.27. The highest BCUT2D eigenvalue weighted by molar-refractivity contribution is 4.99. The van der Waals surface area contributed by atoms with Crippen molar-refractivity contribution in [1.29, 1.82) is 0 Å². The van der Waals surface area contributed by atoms with Gasteiger partial charge in [-0.25, -0.2) is 0 Å². The summed E-state index contributed by atoms with van der Waals surface area (Å²) in [6, 6.07) is 0. The SMILES string of the molecule is CC1CN(C2(CN)CCC(C(C)(C)C)CC2)CC(C)O1. The van der Waals surface area contributed by atoms with Crippen LogP contribution in [0.1, 0.15) is 60.3 Å². The fraction of sp³-hybridized carbons (Fsp3) is 1.00. The third-order valence-electron chi connectivity index (χ3n) is 5.61. The van der Waals surface area contributed by atoms with Crippen LogP contribution in [0.3, 0.4) is 0 Å². The molecule has 0 aromatic rings. The summed E-state index contributed by atoms with van der Waals surface area (Å²) < 4.78 is 5.89. The van der Waals surface area contributed by atoms with E-state index in [0.717, 1.165) is 25.6 Å². The van der Waals surface area contributed by atoms with E-state index in [1.807, 2.05) is 0 Å². The number of morpholine rings is 1. The average molecular weight is 282 g/mol. The first-order valence-corrected chi connectivity index (χ1v) is 8.37. The van der Waals surface area contributed by atoms with Crippen molar-refractivity contribution in [3.63, 3.8) is 0 Å². The fourth-order valence-corrected chi connectivity index (χ4v) is 4.24. The zero-order valence-corrected chi connectivity index (χ0v) is 14.1. The summed E-state index contributed by atoms with van der Waals surface area (Å²) in [5.74, 6) is 0.845. The molecule has 1 aliphatic heterocycles. The minimum absolute atomic E-state index is 0.230. The fourth-order valence-electron chi connectivity index (χ4n) is 4.24. The molecule has 2 fully saturated rings. The van der Waals surface area contributed by atoms with E-state index >= 15 is 0 Å². The Morgan fingerprint density at radius 1 is 1.10 bits per heavy atom. The highest BCUT2D eigenvalue weighted by atomic mass is 16.5. The van der Waals surface area contributed by atoms with E-state index in [9.17, 15) is 0 Å². The Bertz CT molecular complexity index is 305. The molecule has 1 aliphatic carbocycles. The lowest BCUT2D eigenvalue weighted by Gasteiger charge is -2.52. The van der Waals surface area contributed by atoms with Crippen LogP contribution in [0.15, 0.2) is 0 Å². The summed E-state index contributed by atoms with van der Waals surface area (Å²) >= 11 is 0. The van der Waals surface area contributed by atoms with Crippen molar-refractivity contribution in [3.05, 3.63) is 0 Å². The first kappa shape index (κ1) is 16.3. The van der Waals surface area contributed by atoms with Gasteiger partial charge in [0.25, 0.3) is 0 Å². The average Bonchev–Trinajstić information content (AvgIpc) is 2.36. The third kappa shape index (κ3) is 3.37. The van der Waals surface area contributed by atoms with E-state index in [4.69, 9.17) is 10.5 Å². The summed E-state index contributed by atoms with van der Waals surface area (Å²) in [5.41, 5.74) is 6.90. The Morgan fingerprint density at radius 3 is 2.00 bits per heavy atom. The normalized spacial score (nSPS) is 40.8. The third-order valence-corrected chi connectivity index (χ3v) is 5.61. The molecule has 3 nitrogen and oxygen atoms in total. The number of hydrogen-bond donors (Lipinski definition) is 1. The zero-order chi connectivity index (χ0) is 15.0. The predicted molar refractivity (Wildman–Crippen MR) is 84.8 cm³/mol. The standard InChI is InChI=1S/C17H34N2O/c1-13-10-19(11-14(2)20-13)17(12-18)8-6-15(7-9-17)16(3,4)5/h13-15H,6-12,18H2,1-5H3. The van der Waals surface area contributed by atoms with E-state index in [-0.39, 0.29) is 5.54 Å². The number of nitrogens with zero attached hydrogens (tertiary/aromatic N) is 1. The van der Waals surface area contributed by atoms with Crippen LogP contribution in [-0.2, 0) is 4.74 Å². The molecule has 1 heterocycles. The monoisotopic (exact) mass is 282 g/mol. The Hall–Kier alpha value is -0.120. The van der Waals surface area contributed by atoms with E-state index in [0.29, 0.717) is 17.6 Å². The first-order valence-electron chi connectivity index (χ1n) is 8.37. The largest absolute Gasteiger partial charge is 0.373 e. The molecule has 0 spiro atoms. The lowest BCUT2D eigenvalue weighted by Crippen LogP contribution is -2.62. The molecule has 118 valence electrons. The van der Waals surface area contributed by atoms with Crippen molar-refractivity contribution in [2.24, 2.45) is 17.1 Å². The quantitative estimate of drug-likeness (QED) is 0.846. The van der Waals surface area contributed by atoms with Gasteiger partial charge in [0, 0.05) is 25.2 Å². The summed E-state index contributed by atoms with van der Waals surface area (Å²) in [6.07, 6.45) is 5.82. The second-order valence-electron chi connectivity index (χ2n) is 8.23. The van der Waals surface area contributed by atoms with Crippen molar-refractivity contribution < 1.29 is 4.74 Å². The minimum atomic E-state index is 0.230. The van der Waals surface area contributed by atoms with Gasteiger partial charge in [0.1, 0.15) is 0 Å². The van der Waals surface area contributed by atoms with Gasteiger partial charge >= 0.3 is 0 Å². The lowest BCUT2D eigenvalue weighted by molar-refractivity contribution is -0.112. The summed E-state index contributed by atoms with van der Waals surface area (Å²) in [6.45, 7) is 14.4. The van der Waals surface area contributed by atoms with Crippen LogP contribution >= 0.6 is 0 Å². The van der Waals surface area contributed by atoms with Crippen LogP contribution in [0.2, 0.25) is 0 Å². The molecule has 1 saturated heterocycles. The maximum Gasteiger partial charge on any atom is 0.0678 e. The number of ether oxygens (including phenoxy) is 1. The molecule has 2 unspecified atom stereocenters. The van der Waals surface area contributed by atoms with Crippen molar-refractivity contribution >= 4 is 0 Å². The van der Waals surface area contributed by atoms with Gasteiger partial charge in [-0.3, -0.25) is 4.90 Å². The molecule has 2 aliphatic rings. The maximum atomic E-state index is 6.23. The smallest absolute Gasteiger partial charge is 0.0678 e. The van der Waals surface area contributed by atoms with Crippen molar-refractivity contribution in [1.82, 2.24) is 4.90 Å². The Morgan fingerprint density at radius 2 is 1.60 bits per heavy atom. The van der Waals surface area contributed by atoms with Gasteiger partial charge in [-0.2, -0.15) is 0 Å². The predicted octanol–water partition coefficient (Wildman–Crippen LogP) is 3.03. The van der Waals surface area contributed by atoms with Gasteiger partial charge in [-0.05, 0) is 50.9 Å². The second kappa shape index (κ2) is 5.94. The number of rotatable bonds is 2. The highest BCUT2D eigenvalue weighted by Gasteiger charge is 2.43. The van der Waals surface area contributed by atoms with Crippen LogP contribution < -0.4 is 5.73 Å². The summed E-state index contributed by atoms with van der Waals surface area (Å²) in [4.78, 5) is 2.64. The lowest BCUT2D eigenvalue weighted by atomic mass is 9.66. The van der Waals surface area contributed by atoms with Crippen LogP contribution in [0.4, 0.5) is 0 Å². The van der Waals surface area contributed by atoms with Crippen molar-refractivity contribution in [2.75, 3.05) is 19.6 Å². The highest BCUT2D eigenvalue weighted by Crippen LogP contribution is 2.43. The van der Waals surface area contributed by atoms with Gasteiger partial charge in [-0.15, -0.1) is 0 Å². The van der Waals surface area contributed by atoms with Crippen molar-refractivity contribution in [3.8, 4) is 0 Å². The maximum absolute atomic E-state index is 6.23. The van der Waals surface area contributed by atoms with Crippen LogP contribution in [0.25, 0.3) is 0 Å². The van der Waals surface area contributed by atoms with Gasteiger partial charge in [0.05, 0.1) is 12.2 Å². The van der Waals surface area contributed by atoms with E-state index in [1.165, 1.54) is 25.7 Å². The molecule has 2 N–H and O–H groups in total.